The van der Waals surface area contributed by atoms with Crippen LogP contribution in [0.5, 0.6) is 0 Å². The van der Waals surface area contributed by atoms with Crippen LogP contribution in [0.1, 0.15) is 25.7 Å². The zero-order valence-corrected chi connectivity index (χ0v) is 12.3. The number of anilines is 1. The van der Waals surface area contributed by atoms with Crippen molar-refractivity contribution in [2.24, 2.45) is 0 Å². The van der Waals surface area contributed by atoms with Gasteiger partial charge in [0.05, 0.1) is 10.1 Å². The highest BCUT2D eigenvalue weighted by atomic mass is 32.2. The van der Waals surface area contributed by atoms with Gasteiger partial charge in [-0.05, 0) is 31.0 Å². The predicted molar refractivity (Wildman–Crippen MR) is 76.4 cm³/mol. The molecule has 1 N–H and O–H groups in total. The van der Waals surface area contributed by atoms with Crippen LogP contribution >= 0.6 is 0 Å². The molecule has 0 unspecified atom stereocenters. The monoisotopic (exact) mass is 297 g/mol. The van der Waals surface area contributed by atoms with Gasteiger partial charge in [-0.25, -0.2) is 8.42 Å². The summed E-state index contributed by atoms with van der Waals surface area (Å²) in [6, 6.07) is 6.41. The first-order valence-electron chi connectivity index (χ1n) is 6.67. The Balaban J connectivity index is 2.18. The van der Waals surface area contributed by atoms with Gasteiger partial charge in [-0.2, -0.15) is 0 Å². The number of nitrogens with one attached hydrogen (secondary N) is 1. The summed E-state index contributed by atoms with van der Waals surface area (Å²) in [7, 11) is -1.86. The van der Waals surface area contributed by atoms with Crippen molar-refractivity contribution in [2.45, 2.75) is 35.8 Å². The number of carbonyl (C=O) groups is 1. The zero-order valence-electron chi connectivity index (χ0n) is 11.5. The summed E-state index contributed by atoms with van der Waals surface area (Å²) in [5, 5.41) is 2.33. The number of amides is 1. The quantitative estimate of drug-likeness (QED) is 0.902. The van der Waals surface area contributed by atoms with E-state index in [1.807, 2.05) is 0 Å². The number of sulfone groups is 1. The second-order valence-corrected chi connectivity index (χ2v) is 7.19. The average molecular weight is 297 g/mol. The number of rotatable bonds is 5. The molecule has 0 aromatic heterocycles. The van der Waals surface area contributed by atoms with Crippen LogP contribution in [0.4, 0.5) is 5.69 Å². The third kappa shape index (κ3) is 3.37. The molecule has 5 nitrogen and oxygen atoms in total. The normalized spacial score (nSPS) is 16.2. The molecule has 20 heavy (non-hydrogen) atoms. The van der Waals surface area contributed by atoms with E-state index >= 15 is 0 Å². The fourth-order valence-electron chi connectivity index (χ4n) is 2.47. The maximum Gasteiger partial charge on any atom is 0.250 e. The highest BCUT2D eigenvalue weighted by Crippen LogP contribution is 2.30. The highest BCUT2D eigenvalue weighted by molar-refractivity contribution is 7.92. The molecule has 110 valence electrons. The standard InChI is InChI=1S/C14H19NO4S/c1-19-10-14(16)15-11-5-4-8-13(9-11)20(17,18)12-6-2-3-7-12/h4-5,8-9,12H,2-3,6-7,10H2,1H3,(H,15,16). The number of methoxy groups -OCH3 is 1. The van der Waals surface area contributed by atoms with Gasteiger partial charge in [0, 0.05) is 12.8 Å². The Hall–Kier alpha value is -1.40. The Morgan fingerprint density at radius 2 is 2.05 bits per heavy atom. The molecule has 0 heterocycles. The molecule has 2 rings (SSSR count). The maximum atomic E-state index is 12.5. The van der Waals surface area contributed by atoms with Gasteiger partial charge in [0.15, 0.2) is 9.84 Å². The third-order valence-corrected chi connectivity index (χ3v) is 5.72. The molecule has 0 radical (unpaired) electrons. The number of ether oxygens (including phenoxy) is 1. The minimum absolute atomic E-state index is 0.0559. The molecule has 1 saturated carbocycles. The van der Waals surface area contributed by atoms with Crippen LogP contribution in [-0.4, -0.2) is 33.3 Å². The van der Waals surface area contributed by atoms with Crippen molar-refractivity contribution in [1.82, 2.24) is 0 Å². The SMILES string of the molecule is COCC(=O)Nc1cccc(S(=O)(=O)C2CCCC2)c1. The predicted octanol–water partition coefficient (Wildman–Crippen LogP) is 1.99. The van der Waals surface area contributed by atoms with Gasteiger partial charge in [0.1, 0.15) is 6.61 Å². The summed E-state index contributed by atoms with van der Waals surface area (Å²) in [5.74, 6) is -0.303. The molecule has 1 aromatic carbocycles. The van der Waals surface area contributed by atoms with Crippen LogP contribution in [-0.2, 0) is 19.4 Å². The van der Waals surface area contributed by atoms with Crippen molar-refractivity contribution in [2.75, 3.05) is 19.0 Å². The van der Waals surface area contributed by atoms with Crippen LogP contribution in [0.15, 0.2) is 29.2 Å². The molecule has 0 aliphatic heterocycles. The molecule has 0 bridgehead atoms. The zero-order chi connectivity index (χ0) is 14.6. The van der Waals surface area contributed by atoms with E-state index in [-0.39, 0.29) is 22.7 Å². The van der Waals surface area contributed by atoms with Gasteiger partial charge in [-0.1, -0.05) is 18.9 Å². The van der Waals surface area contributed by atoms with E-state index in [2.05, 4.69) is 5.32 Å². The molecule has 1 aliphatic rings. The Kier molecular flexibility index (Phi) is 4.77. The number of carbonyl (C=O) groups excluding carboxylic acids is 1. The second-order valence-electron chi connectivity index (χ2n) is 4.96. The van der Waals surface area contributed by atoms with Gasteiger partial charge in [0.25, 0.3) is 0 Å². The van der Waals surface area contributed by atoms with Crippen LogP contribution < -0.4 is 5.32 Å². The topological polar surface area (TPSA) is 72.5 Å². The number of hydrogen-bond donors (Lipinski definition) is 1. The Labute approximate surface area is 119 Å². The van der Waals surface area contributed by atoms with E-state index < -0.39 is 9.84 Å². The molecule has 1 aromatic rings. The number of hydrogen-bond acceptors (Lipinski definition) is 4. The van der Waals surface area contributed by atoms with E-state index in [4.69, 9.17) is 4.74 Å². The molecule has 0 saturated heterocycles. The molecule has 6 heteroatoms. The summed E-state index contributed by atoms with van der Waals surface area (Å²) in [5.41, 5.74) is 0.478. The van der Waals surface area contributed by atoms with Gasteiger partial charge in [0.2, 0.25) is 5.91 Å². The Morgan fingerprint density at radius 1 is 1.35 bits per heavy atom. The van der Waals surface area contributed by atoms with Crippen molar-refractivity contribution in [3.05, 3.63) is 24.3 Å². The lowest BCUT2D eigenvalue weighted by Gasteiger charge is -2.12. The van der Waals surface area contributed by atoms with Gasteiger partial charge >= 0.3 is 0 Å². The lowest BCUT2D eigenvalue weighted by Crippen LogP contribution is -2.19. The van der Waals surface area contributed by atoms with Crippen molar-refractivity contribution >= 4 is 21.4 Å². The van der Waals surface area contributed by atoms with Crippen LogP contribution in [0.25, 0.3) is 0 Å². The summed E-state index contributed by atoms with van der Waals surface area (Å²) in [6.07, 6.45) is 3.38. The second kappa shape index (κ2) is 6.37. The summed E-state index contributed by atoms with van der Waals surface area (Å²) < 4.78 is 29.6. The van der Waals surface area contributed by atoms with E-state index in [1.165, 1.54) is 13.2 Å². The van der Waals surface area contributed by atoms with Crippen LogP contribution in [0.3, 0.4) is 0 Å². The molecule has 1 fully saturated rings. The summed E-state index contributed by atoms with van der Waals surface area (Å²) in [6.45, 7) is -0.0559. The lowest BCUT2D eigenvalue weighted by molar-refractivity contribution is -0.119. The smallest absolute Gasteiger partial charge is 0.250 e. The first-order valence-corrected chi connectivity index (χ1v) is 8.21. The molecular weight excluding hydrogens is 278 g/mol. The highest BCUT2D eigenvalue weighted by Gasteiger charge is 2.30. The van der Waals surface area contributed by atoms with Crippen molar-refractivity contribution < 1.29 is 17.9 Å². The fourth-order valence-corrected chi connectivity index (χ4v) is 4.37. The minimum atomic E-state index is -3.29. The lowest BCUT2D eigenvalue weighted by atomic mass is 10.3. The first kappa shape index (κ1) is 15.0. The van der Waals surface area contributed by atoms with Crippen LogP contribution in [0, 0.1) is 0 Å². The van der Waals surface area contributed by atoms with Gasteiger partial charge < -0.3 is 10.1 Å². The molecular formula is C14H19NO4S. The Bertz CT molecular complexity index is 577. The number of benzene rings is 1. The summed E-state index contributed by atoms with van der Waals surface area (Å²) >= 11 is 0. The fraction of sp³-hybridized carbons (Fsp3) is 0.500. The van der Waals surface area contributed by atoms with Crippen LogP contribution in [0.2, 0.25) is 0 Å². The first-order chi connectivity index (χ1) is 9.54. The molecule has 1 amide bonds. The van der Waals surface area contributed by atoms with Crippen molar-refractivity contribution in [3.63, 3.8) is 0 Å². The van der Waals surface area contributed by atoms with E-state index in [1.54, 1.807) is 18.2 Å². The van der Waals surface area contributed by atoms with E-state index in [9.17, 15) is 13.2 Å². The van der Waals surface area contributed by atoms with Gasteiger partial charge in [-0.15, -0.1) is 0 Å². The van der Waals surface area contributed by atoms with Crippen molar-refractivity contribution in [1.29, 1.82) is 0 Å². The third-order valence-electron chi connectivity index (χ3n) is 3.46. The van der Waals surface area contributed by atoms with E-state index in [0.717, 1.165) is 25.7 Å². The molecule has 1 aliphatic carbocycles. The molecule has 0 atom stereocenters. The van der Waals surface area contributed by atoms with Gasteiger partial charge in [-0.3, -0.25) is 4.79 Å². The minimum Gasteiger partial charge on any atom is -0.375 e. The largest absolute Gasteiger partial charge is 0.375 e. The van der Waals surface area contributed by atoms with E-state index in [0.29, 0.717) is 5.69 Å². The average Bonchev–Trinajstić information content (AvgIpc) is 2.94. The summed E-state index contributed by atoms with van der Waals surface area (Å²) in [4.78, 5) is 11.7. The maximum absolute atomic E-state index is 12.5. The van der Waals surface area contributed by atoms with Crippen molar-refractivity contribution in [3.8, 4) is 0 Å². The Morgan fingerprint density at radius 3 is 2.70 bits per heavy atom. The molecule has 0 spiro atoms.